The number of hydrogen-bond acceptors (Lipinski definition) is 5. The van der Waals surface area contributed by atoms with Gasteiger partial charge in [0.15, 0.2) is 0 Å². The predicted octanol–water partition coefficient (Wildman–Crippen LogP) is 4.53. The van der Waals surface area contributed by atoms with E-state index in [1.165, 1.54) is 15.8 Å². The molecular weight excluding hydrogens is 330 g/mol. The Morgan fingerprint density at radius 3 is 2.96 bits per heavy atom. The minimum Gasteiger partial charge on any atom is -0.346 e. The summed E-state index contributed by atoms with van der Waals surface area (Å²) in [5.41, 5.74) is 3.42. The largest absolute Gasteiger partial charge is 0.346 e. The average Bonchev–Trinajstić information content (AvgIpc) is 3.32. The Balaban J connectivity index is 1.64. The second kappa shape index (κ2) is 5.52. The van der Waals surface area contributed by atoms with Gasteiger partial charge in [0, 0.05) is 11.4 Å². The van der Waals surface area contributed by atoms with Gasteiger partial charge in [0.2, 0.25) is 0 Å². The summed E-state index contributed by atoms with van der Waals surface area (Å²) in [5.74, 6) is 2.09. The highest BCUT2D eigenvalue weighted by atomic mass is 32.1. The van der Waals surface area contributed by atoms with E-state index >= 15 is 0 Å². The molecule has 0 saturated carbocycles. The van der Waals surface area contributed by atoms with Crippen molar-refractivity contribution in [1.82, 2.24) is 19.9 Å². The van der Waals surface area contributed by atoms with Gasteiger partial charge in [-0.25, -0.2) is 15.0 Å². The van der Waals surface area contributed by atoms with Crippen molar-refractivity contribution in [2.24, 2.45) is 0 Å². The van der Waals surface area contributed by atoms with Gasteiger partial charge < -0.3 is 9.88 Å². The Kier molecular flexibility index (Phi) is 3.28. The Hall–Kier alpha value is -2.47. The molecule has 0 spiro atoms. The number of nitrogens with zero attached hydrogens (tertiary/aromatic N) is 4. The zero-order valence-corrected chi connectivity index (χ0v) is 15.1. The van der Waals surface area contributed by atoms with Gasteiger partial charge in [-0.3, -0.25) is 0 Å². The smallest absolute Gasteiger partial charge is 0.141 e. The lowest BCUT2D eigenvalue weighted by Gasteiger charge is -2.25. The highest BCUT2D eigenvalue weighted by molar-refractivity contribution is 7.18. The topological polar surface area (TPSA) is 57.7 Å². The maximum absolute atomic E-state index is 4.84. The number of aromatic amines is 1. The molecule has 1 N–H and O–H groups in total. The first-order valence-corrected chi connectivity index (χ1v) is 9.46. The number of anilines is 1. The summed E-state index contributed by atoms with van der Waals surface area (Å²) >= 11 is 1.75. The number of H-pyrrole nitrogens is 1. The standard InChI is InChI=1S/C19H19N5S/c1-11-12(2)25-19-16(11)18(20-10-21-19)24-9-5-8-15(24)17-22-13-6-3-4-7-14(13)23-17/h3-4,6-7,10,15H,5,8-9H2,1-2H3,(H,22,23)/t15-/m1/s1. The van der Waals surface area contributed by atoms with Gasteiger partial charge >= 0.3 is 0 Å². The van der Waals surface area contributed by atoms with Crippen LogP contribution in [0.4, 0.5) is 5.82 Å². The van der Waals surface area contributed by atoms with Crippen molar-refractivity contribution in [3.8, 4) is 0 Å². The fourth-order valence-corrected chi connectivity index (χ4v) is 4.81. The quantitative estimate of drug-likeness (QED) is 0.578. The molecule has 4 aromatic rings. The SMILES string of the molecule is Cc1sc2ncnc(N3CCC[C@@H]3c3nc4ccccc4[nH]3)c2c1C. The number of benzene rings is 1. The van der Waals surface area contributed by atoms with E-state index in [9.17, 15) is 0 Å². The van der Waals surface area contributed by atoms with E-state index in [0.717, 1.165) is 46.9 Å². The summed E-state index contributed by atoms with van der Waals surface area (Å²) in [6.45, 7) is 5.33. The summed E-state index contributed by atoms with van der Waals surface area (Å²) in [6.07, 6.45) is 3.93. The lowest BCUT2D eigenvalue weighted by molar-refractivity contribution is 0.674. The molecule has 6 heteroatoms. The zero-order chi connectivity index (χ0) is 17.0. The van der Waals surface area contributed by atoms with Crippen LogP contribution < -0.4 is 4.90 Å². The molecule has 0 bridgehead atoms. The molecular formula is C19H19N5S. The molecule has 25 heavy (non-hydrogen) atoms. The maximum Gasteiger partial charge on any atom is 0.141 e. The Labute approximate surface area is 149 Å². The molecule has 1 aliphatic heterocycles. The fourth-order valence-electron chi connectivity index (χ4n) is 3.82. The number of nitrogens with one attached hydrogen (secondary N) is 1. The third-order valence-corrected chi connectivity index (χ3v) is 6.31. The second-order valence-electron chi connectivity index (χ2n) is 6.65. The number of aryl methyl sites for hydroxylation is 2. The van der Waals surface area contributed by atoms with Crippen LogP contribution in [0.1, 0.15) is 35.1 Å². The van der Waals surface area contributed by atoms with Crippen molar-refractivity contribution in [2.45, 2.75) is 32.7 Å². The van der Waals surface area contributed by atoms with Crippen molar-refractivity contribution in [1.29, 1.82) is 0 Å². The summed E-state index contributed by atoms with van der Waals surface area (Å²) < 4.78 is 0. The van der Waals surface area contributed by atoms with Crippen molar-refractivity contribution in [3.05, 3.63) is 46.9 Å². The molecule has 0 radical (unpaired) electrons. The molecule has 3 aromatic heterocycles. The predicted molar refractivity (Wildman–Crippen MR) is 102 cm³/mol. The van der Waals surface area contributed by atoms with E-state index in [0.29, 0.717) is 0 Å². The minimum absolute atomic E-state index is 0.241. The van der Waals surface area contributed by atoms with Gasteiger partial charge in [-0.2, -0.15) is 0 Å². The molecule has 1 aliphatic rings. The van der Waals surface area contributed by atoms with Gasteiger partial charge in [0.05, 0.1) is 22.5 Å². The maximum atomic E-state index is 4.84. The molecule has 0 amide bonds. The van der Waals surface area contributed by atoms with Crippen molar-refractivity contribution in [2.75, 3.05) is 11.4 Å². The first kappa shape index (κ1) is 14.8. The van der Waals surface area contributed by atoms with Crippen LogP contribution in [-0.4, -0.2) is 26.5 Å². The first-order chi connectivity index (χ1) is 12.2. The van der Waals surface area contributed by atoms with Crippen LogP contribution in [0, 0.1) is 13.8 Å². The highest BCUT2D eigenvalue weighted by Crippen LogP contribution is 2.40. The van der Waals surface area contributed by atoms with Crippen LogP contribution in [0.25, 0.3) is 21.3 Å². The molecule has 0 aliphatic carbocycles. The van der Waals surface area contributed by atoms with Crippen LogP contribution in [0.2, 0.25) is 0 Å². The average molecular weight is 349 g/mol. The molecule has 0 unspecified atom stereocenters. The number of thiophene rings is 1. The zero-order valence-electron chi connectivity index (χ0n) is 14.3. The molecule has 4 heterocycles. The summed E-state index contributed by atoms with van der Waals surface area (Å²) in [7, 11) is 0. The van der Waals surface area contributed by atoms with Crippen LogP contribution in [0.15, 0.2) is 30.6 Å². The number of rotatable bonds is 2. The third kappa shape index (κ3) is 2.24. The Morgan fingerprint density at radius 1 is 1.20 bits per heavy atom. The summed E-state index contributed by atoms with van der Waals surface area (Å²) in [4.78, 5) is 22.3. The van der Waals surface area contributed by atoms with E-state index in [2.05, 4.69) is 45.8 Å². The number of hydrogen-bond donors (Lipinski definition) is 1. The van der Waals surface area contributed by atoms with Gasteiger partial charge in [-0.15, -0.1) is 11.3 Å². The van der Waals surface area contributed by atoms with Crippen LogP contribution in [0.5, 0.6) is 0 Å². The highest BCUT2D eigenvalue weighted by Gasteiger charge is 2.31. The molecule has 1 fully saturated rings. The van der Waals surface area contributed by atoms with E-state index in [4.69, 9.17) is 4.98 Å². The van der Waals surface area contributed by atoms with E-state index in [-0.39, 0.29) is 6.04 Å². The number of fused-ring (bicyclic) bond motifs is 2. The van der Waals surface area contributed by atoms with Crippen LogP contribution in [-0.2, 0) is 0 Å². The number of imidazole rings is 1. The van der Waals surface area contributed by atoms with E-state index < -0.39 is 0 Å². The van der Waals surface area contributed by atoms with E-state index in [1.807, 2.05) is 12.1 Å². The first-order valence-electron chi connectivity index (χ1n) is 8.64. The third-order valence-electron chi connectivity index (χ3n) is 5.19. The minimum atomic E-state index is 0.241. The Morgan fingerprint density at radius 2 is 2.08 bits per heavy atom. The number of aromatic nitrogens is 4. The Bertz CT molecular complexity index is 1050. The van der Waals surface area contributed by atoms with Crippen LogP contribution in [0.3, 0.4) is 0 Å². The molecule has 5 rings (SSSR count). The van der Waals surface area contributed by atoms with Crippen LogP contribution >= 0.6 is 11.3 Å². The van der Waals surface area contributed by atoms with Crippen molar-refractivity contribution in [3.63, 3.8) is 0 Å². The lowest BCUT2D eigenvalue weighted by Crippen LogP contribution is -2.24. The van der Waals surface area contributed by atoms with Crippen molar-refractivity contribution >= 4 is 38.4 Å². The second-order valence-corrected chi connectivity index (χ2v) is 7.85. The molecule has 1 aromatic carbocycles. The number of para-hydroxylation sites is 2. The van der Waals surface area contributed by atoms with Gasteiger partial charge in [-0.1, -0.05) is 12.1 Å². The van der Waals surface area contributed by atoms with Crippen molar-refractivity contribution < 1.29 is 0 Å². The molecule has 1 atom stereocenters. The summed E-state index contributed by atoms with van der Waals surface area (Å²) in [5, 5.41) is 1.20. The van der Waals surface area contributed by atoms with Gasteiger partial charge in [-0.05, 0) is 44.4 Å². The monoisotopic (exact) mass is 349 g/mol. The van der Waals surface area contributed by atoms with Gasteiger partial charge in [0.1, 0.15) is 22.8 Å². The summed E-state index contributed by atoms with van der Waals surface area (Å²) in [6, 6.07) is 8.46. The van der Waals surface area contributed by atoms with E-state index in [1.54, 1.807) is 17.7 Å². The fraction of sp³-hybridized carbons (Fsp3) is 0.316. The lowest BCUT2D eigenvalue weighted by atomic mass is 10.1. The molecule has 5 nitrogen and oxygen atoms in total. The van der Waals surface area contributed by atoms with Gasteiger partial charge in [0.25, 0.3) is 0 Å². The molecule has 126 valence electrons. The molecule has 1 saturated heterocycles. The normalized spacial score (nSPS) is 17.8.